The zero-order chi connectivity index (χ0) is 18.4. The van der Waals surface area contributed by atoms with Gasteiger partial charge in [-0.2, -0.15) is 0 Å². The van der Waals surface area contributed by atoms with E-state index in [1.54, 1.807) is 38.2 Å². The van der Waals surface area contributed by atoms with Gasteiger partial charge >= 0.3 is 0 Å². The zero-order valence-electron chi connectivity index (χ0n) is 15.3. The standard InChI is InChI=1S/C18H24N4O3/c1-6-22(7-2)18(23)15-11-17(20-12(3)19-15)21-14-10-13(24-4)8-9-16(14)25-5/h8-11H,6-7H2,1-5H3,(H,19,20,21). The van der Waals surface area contributed by atoms with Gasteiger partial charge in [0.05, 0.1) is 19.9 Å². The molecule has 0 spiro atoms. The Kier molecular flexibility index (Phi) is 6.16. The first-order valence-electron chi connectivity index (χ1n) is 8.16. The Labute approximate surface area is 148 Å². The van der Waals surface area contributed by atoms with Crippen molar-refractivity contribution in [3.8, 4) is 11.5 Å². The Morgan fingerprint density at radius 1 is 1.12 bits per heavy atom. The number of aromatic nitrogens is 2. The SMILES string of the molecule is CCN(CC)C(=O)c1cc(Nc2cc(OC)ccc2OC)nc(C)n1. The van der Waals surface area contributed by atoms with Gasteiger partial charge in [0.1, 0.15) is 28.8 Å². The molecule has 0 aliphatic carbocycles. The molecule has 1 amide bonds. The monoisotopic (exact) mass is 344 g/mol. The number of benzene rings is 1. The lowest BCUT2D eigenvalue weighted by atomic mass is 10.2. The van der Waals surface area contributed by atoms with Crippen LogP contribution in [0.2, 0.25) is 0 Å². The fraction of sp³-hybridized carbons (Fsp3) is 0.389. The van der Waals surface area contributed by atoms with Crippen LogP contribution < -0.4 is 14.8 Å². The summed E-state index contributed by atoms with van der Waals surface area (Å²) in [6.45, 7) is 6.90. The van der Waals surface area contributed by atoms with Crippen LogP contribution in [0.3, 0.4) is 0 Å². The summed E-state index contributed by atoms with van der Waals surface area (Å²) in [6, 6.07) is 7.07. The highest BCUT2D eigenvalue weighted by Crippen LogP contribution is 2.31. The molecule has 1 aromatic carbocycles. The predicted molar refractivity (Wildman–Crippen MR) is 96.8 cm³/mol. The van der Waals surface area contributed by atoms with Crippen molar-refractivity contribution < 1.29 is 14.3 Å². The van der Waals surface area contributed by atoms with Crippen LogP contribution in [-0.4, -0.2) is 48.1 Å². The minimum absolute atomic E-state index is 0.115. The molecule has 7 nitrogen and oxygen atoms in total. The Balaban J connectivity index is 2.36. The quantitative estimate of drug-likeness (QED) is 0.832. The van der Waals surface area contributed by atoms with Crippen LogP contribution in [0.15, 0.2) is 24.3 Å². The maximum absolute atomic E-state index is 12.6. The molecule has 0 aliphatic rings. The number of methoxy groups -OCH3 is 2. The fourth-order valence-corrected chi connectivity index (χ4v) is 2.46. The number of nitrogens with zero attached hydrogens (tertiary/aromatic N) is 3. The Morgan fingerprint density at radius 3 is 2.44 bits per heavy atom. The van der Waals surface area contributed by atoms with Gasteiger partial charge in [0, 0.05) is 25.2 Å². The van der Waals surface area contributed by atoms with Crippen molar-refractivity contribution in [3.05, 3.63) is 35.8 Å². The van der Waals surface area contributed by atoms with Gasteiger partial charge in [0.25, 0.3) is 5.91 Å². The molecule has 2 rings (SSSR count). The Morgan fingerprint density at radius 2 is 1.84 bits per heavy atom. The number of nitrogens with one attached hydrogen (secondary N) is 1. The van der Waals surface area contributed by atoms with Gasteiger partial charge in [-0.3, -0.25) is 4.79 Å². The second kappa shape index (κ2) is 8.32. The van der Waals surface area contributed by atoms with Gasteiger partial charge in [-0.05, 0) is 32.9 Å². The molecule has 134 valence electrons. The highest BCUT2D eigenvalue weighted by atomic mass is 16.5. The van der Waals surface area contributed by atoms with Crippen LogP contribution in [0.4, 0.5) is 11.5 Å². The number of anilines is 2. The van der Waals surface area contributed by atoms with E-state index >= 15 is 0 Å². The first-order chi connectivity index (χ1) is 12.0. The average Bonchev–Trinajstić information content (AvgIpc) is 2.62. The van der Waals surface area contributed by atoms with E-state index in [-0.39, 0.29) is 5.91 Å². The van der Waals surface area contributed by atoms with Crippen molar-refractivity contribution in [2.24, 2.45) is 0 Å². The molecule has 7 heteroatoms. The molecule has 1 heterocycles. The van der Waals surface area contributed by atoms with E-state index in [0.29, 0.717) is 47.6 Å². The van der Waals surface area contributed by atoms with E-state index in [4.69, 9.17) is 9.47 Å². The van der Waals surface area contributed by atoms with E-state index in [1.807, 2.05) is 26.0 Å². The molecular formula is C18H24N4O3. The van der Waals surface area contributed by atoms with Gasteiger partial charge < -0.3 is 19.7 Å². The van der Waals surface area contributed by atoms with E-state index in [1.165, 1.54) is 0 Å². The average molecular weight is 344 g/mol. The number of carbonyl (C=O) groups excluding carboxylic acids is 1. The van der Waals surface area contributed by atoms with Crippen LogP contribution in [0.5, 0.6) is 11.5 Å². The van der Waals surface area contributed by atoms with Gasteiger partial charge in [-0.1, -0.05) is 0 Å². The summed E-state index contributed by atoms with van der Waals surface area (Å²) >= 11 is 0. The summed E-state index contributed by atoms with van der Waals surface area (Å²) in [4.78, 5) is 22.9. The Hall–Kier alpha value is -2.83. The second-order valence-electron chi connectivity index (χ2n) is 5.35. The molecular weight excluding hydrogens is 320 g/mol. The fourth-order valence-electron chi connectivity index (χ4n) is 2.46. The van der Waals surface area contributed by atoms with E-state index in [2.05, 4.69) is 15.3 Å². The van der Waals surface area contributed by atoms with Gasteiger partial charge in [0.2, 0.25) is 0 Å². The second-order valence-corrected chi connectivity index (χ2v) is 5.35. The van der Waals surface area contributed by atoms with Crippen molar-refractivity contribution in [2.45, 2.75) is 20.8 Å². The van der Waals surface area contributed by atoms with Crippen LogP contribution >= 0.6 is 0 Å². The summed E-state index contributed by atoms with van der Waals surface area (Å²) in [5.74, 6) is 2.26. The van der Waals surface area contributed by atoms with Crippen LogP contribution in [0.25, 0.3) is 0 Å². The molecule has 0 bridgehead atoms. The lowest BCUT2D eigenvalue weighted by Gasteiger charge is -2.19. The number of carbonyl (C=O) groups is 1. The third kappa shape index (κ3) is 4.37. The highest BCUT2D eigenvalue weighted by Gasteiger charge is 2.16. The molecule has 0 unspecified atom stereocenters. The molecule has 0 atom stereocenters. The third-order valence-corrected chi connectivity index (χ3v) is 3.78. The number of ether oxygens (including phenoxy) is 2. The molecule has 0 saturated heterocycles. The smallest absolute Gasteiger partial charge is 0.272 e. The summed E-state index contributed by atoms with van der Waals surface area (Å²) in [7, 11) is 3.19. The van der Waals surface area contributed by atoms with E-state index in [0.717, 1.165) is 0 Å². The van der Waals surface area contributed by atoms with Crippen LogP contribution in [0.1, 0.15) is 30.2 Å². The number of hydrogen-bond donors (Lipinski definition) is 1. The van der Waals surface area contributed by atoms with Crippen molar-refractivity contribution in [2.75, 3.05) is 32.6 Å². The normalized spacial score (nSPS) is 10.3. The molecule has 1 aromatic heterocycles. The van der Waals surface area contributed by atoms with E-state index in [9.17, 15) is 4.79 Å². The molecule has 0 fully saturated rings. The predicted octanol–water partition coefficient (Wildman–Crippen LogP) is 3.03. The summed E-state index contributed by atoms with van der Waals surface area (Å²) < 4.78 is 10.6. The largest absolute Gasteiger partial charge is 0.497 e. The first-order valence-corrected chi connectivity index (χ1v) is 8.16. The minimum atomic E-state index is -0.115. The van der Waals surface area contributed by atoms with Gasteiger partial charge in [-0.15, -0.1) is 0 Å². The van der Waals surface area contributed by atoms with Gasteiger partial charge in [0.15, 0.2) is 0 Å². The molecule has 2 aromatic rings. The first kappa shape index (κ1) is 18.5. The lowest BCUT2D eigenvalue weighted by molar-refractivity contribution is 0.0766. The maximum atomic E-state index is 12.6. The summed E-state index contributed by atoms with van der Waals surface area (Å²) in [5.41, 5.74) is 1.06. The molecule has 0 aliphatic heterocycles. The number of hydrogen-bond acceptors (Lipinski definition) is 6. The summed E-state index contributed by atoms with van der Waals surface area (Å²) in [5, 5.41) is 3.18. The van der Waals surface area contributed by atoms with E-state index < -0.39 is 0 Å². The number of rotatable bonds is 7. The van der Waals surface area contributed by atoms with Crippen molar-refractivity contribution in [1.82, 2.24) is 14.9 Å². The number of amides is 1. The number of aryl methyl sites for hydroxylation is 1. The minimum Gasteiger partial charge on any atom is -0.497 e. The highest BCUT2D eigenvalue weighted by molar-refractivity contribution is 5.93. The molecule has 1 N–H and O–H groups in total. The van der Waals surface area contributed by atoms with Crippen molar-refractivity contribution >= 4 is 17.4 Å². The topological polar surface area (TPSA) is 76.6 Å². The maximum Gasteiger partial charge on any atom is 0.272 e. The zero-order valence-corrected chi connectivity index (χ0v) is 15.3. The molecule has 25 heavy (non-hydrogen) atoms. The van der Waals surface area contributed by atoms with Crippen molar-refractivity contribution in [1.29, 1.82) is 0 Å². The lowest BCUT2D eigenvalue weighted by Crippen LogP contribution is -2.31. The van der Waals surface area contributed by atoms with Crippen LogP contribution in [-0.2, 0) is 0 Å². The summed E-state index contributed by atoms with van der Waals surface area (Å²) in [6.07, 6.45) is 0. The van der Waals surface area contributed by atoms with Gasteiger partial charge in [-0.25, -0.2) is 9.97 Å². The van der Waals surface area contributed by atoms with Crippen molar-refractivity contribution in [3.63, 3.8) is 0 Å². The Bertz CT molecular complexity index is 745. The molecule has 0 saturated carbocycles. The third-order valence-electron chi connectivity index (χ3n) is 3.78. The molecule has 0 radical (unpaired) electrons. The van der Waals surface area contributed by atoms with Crippen LogP contribution in [0, 0.1) is 6.92 Å².